The number of hydrogen-bond acceptors (Lipinski definition) is 1. The molecule has 76 valence electrons. The molecular formula is C13H18O. The van der Waals surface area contributed by atoms with E-state index >= 15 is 0 Å². The van der Waals surface area contributed by atoms with Gasteiger partial charge < -0.3 is 0 Å². The minimum absolute atomic E-state index is 0.188. The van der Waals surface area contributed by atoms with E-state index in [9.17, 15) is 4.79 Å². The molecule has 5 unspecified atom stereocenters. The van der Waals surface area contributed by atoms with Crippen molar-refractivity contribution < 1.29 is 4.79 Å². The summed E-state index contributed by atoms with van der Waals surface area (Å²) in [7, 11) is 0. The first-order chi connectivity index (χ1) is 6.66. The molecule has 4 aliphatic rings. The van der Waals surface area contributed by atoms with E-state index in [-0.39, 0.29) is 5.41 Å². The molecule has 1 spiro atoms. The van der Waals surface area contributed by atoms with Crippen molar-refractivity contribution in [3.8, 4) is 0 Å². The van der Waals surface area contributed by atoms with E-state index in [0.717, 1.165) is 17.8 Å². The lowest BCUT2D eigenvalue weighted by molar-refractivity contribution is -0.155. The lowest BCUT2D eigenvalue weighted by Gasteiger charge is -2.57. The van der Waals surface area contributed by atoms with E-state index in [1.165, 1.54) is 38.5 Å². The lowest BCUT2D eigenvalue weighted by atomic mass is 9.45. The highest BCUT2D eigenvalue weighted by Crippen LogP contribution is 2.81. The van der Waals surface area contributed by atoms with E-state index in [0.29, 0.717) is 11.2 Å². The van der Waals surface area contributed by atoms with Crippen molar-refractivity contribution in [3.63, 3.8) is 0 Å². The number of hydrogen-bond donors (Lipinski definition) is 0. The van der Waals surface area contributed by atoms with Crippen LogP contribution in [0.1, 0.15) is 45.4 Å². The third-order valence-electron chi connectivity index (χ3n) is 6.23. The van der Waals surface area contributed by atoms with Crippen LogP contribution >= 0.6 is 0 Å². The van der Waals surface area contributed by atoms with E-state index in [4.69, 9.17) is 0 Å². The van der Waals surface area contributed by atoms with Crippen molar-refractivity contribution in [1.29, 1.82) is 0 Å². The van der Waals surface area contributed by atoms with Gasteiger partial charge in [-0.1, -0.05) is 0 Å². The summed E-state index contributed by atoms with van der Waals surface area (Å²) in [5.41, 5.74) is 0.722. The van der Waals surface area contributed by atoms with Crippen LogP contribution in [-0.4, -0.2) is 5.78 Å². The average molecular weight is 190 g/mol. The van der Waals surface area contributed by atoms with Crippen LogP contribution in [0.4, 0.5) is 0 Å². The van der Waals surface area contributed by atoms with Gasteiger partial charge in [0.1, 0.15) is 5.78 Å². The number of carbonyl (C=O) groups excluding carboxylic acids is 1. The van der Waals surface area contributed by atoms with Gasteiger partial charge >= 0.3 is 0 Å². The molecule has 0 aromatic rings. The highest BCUT2D eigenvalue weighted by molar-refractivity contribution is 5.85. The van der Waals surface area contributed by atoms with Gasteiger partial charge in [0.05, 0.1) is 0 Å². The summed E-state index contributed by atoms with van der Waals surface area (Å²) in [4.78, 5) is 11.9. The summed E-state index contributed by atoms with van der Waals surface area (Å²) in [5.74, 6) is 3.40. The summed E-state index contributed by atoms with van der Waals surface area (Å²) in [6.07, 6.45) is 8.25. The summed E-state index contributed by atoms with van der Waals surface area (Å²) in [5, 5.41) is 0. The quantitative estimate of drug-likeness (QED) is 0.621. The zero-order chi connectivity index (χ0) is 9.55. The Bertz CT molecular complexity index is 328. The fraction of sp³-hybridized carbons (Fsp3) is 0.923. The molecule has 5 atom stereocenters. The largest absolute Gasteiger partial charge is 0.299 e. The van der Waals surface area contributed by atoms with E-state index < -0.39 is 0 Å². The standard InChI is InChI=1S/C13H18O/c1-8(14)12-5-10-2-9-3-11(7-12)13(12,4-9)6-10/h9-11H,2-7H2,1H3. The van der Waals surface area contributed by atoms with Crippen LogP contribution < -0.4 is 0 Å². The topological polar surface area (TPSA) is 17.1 Å². The maximum Gasteiger partial charge on any atom is 0.136 e. The number of ketones is 1. The van der Waals surface area contributed by atoms with Gasteiger partial charge in [-0.25, -0.2) is 0 Å². The Morgan fingerprint density at radius 2 is 1.86 bits per heavy atom. The van der Waals surface area contributed by atoms with Gasteiger partial charge in [-0.05, 0) is 68.6 Å². The molecule has 0 aromatic carbocycles. The van der Waals surface area contributed by atoms with Gasteiger partial charge in [0.15, 0.2) is 0 Å². The zero-order valence-corrected chi connectivity index (χ0v) is 8.88. The first kappa shape index (κ1) is 7.90. The Kier molecular flexibility index (Phi) is 1.11. The second-order valence-corrected chi connectivity index (χ2v) is 6.51. The fourth-order valence-corrected chi connectivity index (χ4v) is 6.02. The summed E-state index contributed by atoms with van der Waals surface area (Å²) in [6.45, 7) is 1.86. The molecule has 0 N–H and O–H groups in total. The van der Waals surface area contributed by atoms with Crippen molar-refractivity contribution in [2.75, 3.05) is 0 Å². The van der Waals surface area contributed by atoms with Gasteiger partial charge in [0.2, 0.25) is 0 Å². The van der Waals surface area contributed by atoms with Crippen LogP contribution in [0.5, 0.6) is 0 Å². The molecule has 4 fully saturated rings. The predicted molar refractivity (Wildman–Crippen MR) is 53.7 cm³/mol. The van der Waals surface area contributed by atoms with Crippen LogP contribution in [0.2, 0.25) is 0 Å². The molecule has 0 amide bonds. The normalized spacial score (nSPS) is 62.5. The third kappa shape index (κ3) is 0.561. The van der Waals surface area contributed by atoms with Crippen molar-refractivity contribution >= 4 is 5.78 Å². The molecule has 4 rings (SSSR count). The maximum absolute atomic E-state index is 11.9. The average Bonchev–Trinajstić information content (AvgIpc) is 2.42. The summed E-state index contributed by atoms with van der Waals surface area (Å²) in [6, 6.07) is 0. The van der Waals surface area contributed by atoms with E-state index in [1.807, 2.05) is 6.92 Å². The van der Waals surface area contributed by atoms with Crippen LogP contribution in [0, 0.1) is 28.6 Å². The molecular weight excluding hydrogens is 172 g/mol. The van der Waals surface area contributed by atoms with Crippen LogP contribution in [0.25, 0.3) is 0 Å². The molecule has 3 bridgehead atoms. The van der Waals surface area contributed by atoms with E-state index in [1.54, 1.807) is 0 Å². The third-order valence-corrected chi connectivity index (χ3v) is 6.23. The minimum Gasteiger partial charge on any atom is -0.299 e. The second kappa shape index (κ2) is 1.96. The van der Waals surface area contributed by atoms with Crippen molar-refractivity contribution in [1.82, 2.24) is 0 Å². The molecule has 0 heterocycles. The van der Waals surface area contributed by atoms with Crippen LogP contribution in [0.15, 0.2) is 0 Å². The summed E-state index contributed by atoms with van der Waals surface area (Å²) >= 11 is 0. The molecule has 4 aliphatic carbocycles. The number of carbonyl (C=O) groups is 1. The van der Waals surface area contributed by atoms with Crippen molar-refractivity contribution in [2.24, 2.45) is 28.6 Å². The molecule has 0 radical (unpaired) electrons. The van der Waals surface area contributed by atoms with Gasteiger partial charge in [-0.15, -0.1) is 0 Å². The highest BCUT2D eigenvalue weighted by Gasteiger charge is 2.75. The van der Waals surface area contributed by atoms with Crippen LogP contribution in [0.3, 0.4) is 0 Å². The maximum atomic E-state index is 11.9. The first-order valence-corrected chi connectivity index (χ1v) is 6.17. The predicted octanol–water partition coefficient (Wildman–Crippen LogP) is 2.79. The SMILES string of the molecule is CC(=O)C12CC3CC4CC(C1)C2(C4)C3. The smallest absolute Gasteiger partial charge is 0.136 e. The molecule has 0 aliphatic heterocycles. The number of Topliss-reactive ketones (excluding diaryl/α,β-unsaturated/α-hetero) is 1. The van der Waals surface area contributed by atoms with Crippen molar-refractivity contribution in [2.45, 2.75) is 45.4 Å². The minimum atomic E-state index is 0.188. The Morgan fingerprint density at radius 1 is 1.07 bits per heavy atom. The molecule has 4 saturated carbocycles. The molecule has 1 nitrogen and oxygen atoms in total. The molecule has 0 aromatic heterocycles. The van der Waals surface area contributed by atoms with E-state index in [2.05, 4.69) is 0 Å². The number of rotatable bonds is 1. The fourth-order valence-electron chi connectivity index (χ4n) is 6.02. The van der Waals surface area contributed by atoms with Gasteiger partial charge in [0.25, 0.3) is 0 Å². The van der Waals surface area contributed by atoms with Gasteiger partial charge in [0, 0.05) is 5.41 Å². The summed E-state index contributed by atoms with van der Waals surface area (Å²) < 4.78 is 0. The Balaban J connectivity index is 1.88. The first-order valence-electron chi connectivity index (χ1n) is 6.17. The van der Waals surface area contributed by atoms with Crippen LogP contribution in [-0.2, 0) is 4.79 Å². The van der Waals surface area contributed by atoms with Gasteiger partial charge in [-0.3, -0.25) is 4.79 Å². The van der Waals surface area contributed by atoms with Gasteiger partial charge in [-0.2, -0.15) is 0 Å². The monoisotopic (exact) mass is 190 g/mol. The molecule has 1 heteroatoms. The zero-order valence-electron chi connectivity index (χ0n) is 8.88. The molecule has 0 saturated heterocycles. The highest BCUT2D eigenvalue weighted by atomic mass is 16.1. The lowest BCUT2D eigenvalue weighted by Crippen LogP contribution is -2.55. The number of fused-ring (bicyclic) bond motifs is 2. The second-order valence-electron chi connectivity index (χ2n) is 6.51. The Morgan fingerprint density at radius 3 is 2.64 bits per heavy atom. The Labute approximate surface area is 85.3 Å². The molecule has 14 heavy (non-hydrogen) atoms. The Hall–Kier alpha value is -0.330. The van der Waals surface area contributed by atoms with Crippen molar-refractivity contribution in [3.05, 3.63) is 0 Å².